The van der Waals surface area contributed by atoms with Crippen LogP contribution in [0.5, 0.6) is 0 Å². The highest BCUT2D eigenvalue weighted by atomic mass is 35.5. The van der Waals surface area contributed by atoms with Crippen molar-refractivity contribution in [3.05, 3.63) is 70.7 Å². The molecule has 2 N–H and O–H groups in total. The zero-order chi connectivity index (χ0) is 24.3. The van der Waals surface area contributed by atoms with Crippen molar-refractivity contribution >= 4 is 29.3 Å². The highest BCUT2D eigenvalue weighted by Gasteiger charge is 2.34. The molecule has 1 aliphatic rings. The van der Waals surface area contributed by atoms with Gasteiger partial charge in [-0.2, -0.15) is 0 Å². The van der Waals surface area contributed by atoms with Crippen LogP contribution in [0.1, 0.15) is 35.2 Å². The van der Waals surface area contributed by atoms with Crippen LogP contribution in [0.2, 0.25) is 5.02 Å². The number of carbonyl (C=O) groups is 3. The Morgan fingerprint density at radius 1 is 1.06 bits per heavy atom. The molecule has 3 rings (SSSR count). The van der Waals surface area contributed by atoms with Crippen molar-refractivity contribution in [2.45, 2.75) is 31.7 Å². The Balaban J connectivity index is 1.60. The van der Waals surface area contributed by atoms with Crippen LogP contribution in [0.3, 0.4) is 0 Å². The SMILES string of the molecule is COCCNC(=O)[C@@H](NC(=O)c1ccccc1Cl)C1CCN(C(=O)CCc2ccccc2)CC1. The van der Waals surface area contributed by atoms with E-state index in [0.29, 0.717) is 62.5 Å². The topological polar surface area (TPSA) is 87.7 Å². The van der Waals surface area contributed by atoms with E-state index in [4.69, 9.17) is 16.3 Å². The van der Waals surface area contributed by atoms with Crippen LogP contribution in [-0.2, 0) is 20.7 Å². The van der Waals surface area contributed by atoms with Crippen molar-refractivity contribution < 1.29 is 19.1 Å². The molecule has 0 spiro atoms. The summed E-state index contributed by atoms with van der Waals surface area (Å²) in [4.78, 5) is 40.4. The van der Waals surface area contributed by atoms with E-state index < -0.39 is 6.04 Å². The number of piperidine rings is 1. The number of rotatable bonds is 10. The van der Waals surface area contributed by atoms with E-state index >= 15 is 0 Å². The predicted octanol–water partition coefficient (Wildman–Crippen LogP) is 3.07. The molecule has 0 unspecified atom stereocenters. The summed E-state index contributed by atoms with van der Waals surface area (Å²) in [6.07, 6.45) is 2.42. The summed E-state index contributed by atoms with van der Waals surface area (Å²) in [5.74, 6) is -0.624. The summed E-state index contributed by atoms with van der Waals surface area (Å²) in [6, 6.07) is 16.0. The number of nitrogens with one attached hydrogen (secondary N) is 2. The summed E-state index contributed by atoms with van der Waals surface area (Å²) in [7, 11) is 1.56. The number of halogens is 1. The predicted molar refractivity (Wildman–Crippen MR) is 132 cm³/mol. The number of likely N-dealkylation sites (tertiary alicyclic amines) is 1. The van der Waals surface area contributed by atoms with E-state index in [1.54, 1.807) is 31.4 Å². The van der Waals surface area contributed by atoms with Gasteiger partial charge >= 0.3 is 0 Å². The molecule has 0 saturated carbocycles. The maximum absolute atomic E-state index is 12.9. The van der Waals surface area contributed by atoms with E-state index in [-0.39, 0.29) is 23.6 Å². The first-order chi connectivity index (χ1) is 16.5. The lowest BCUT2D eigenvalue weighted by Crippen LogP contribution is -2.54. The van der Waals surface area contributed by atoms with Gasteiger partial charge in [0, 0.05) is 33.2 Å². The summed E-state index contributed by atoms with van der Waals surface area (Å²) in [6.45, 7) is 1.85. The van der Waals surface area contributed by atoms with Crippen LogP contribution in [0.25, 0.3) is 0 Å². The van der Waals surface area contributed by atoms with Gasteiger partial charge in [0.15, 0.2) is 0 Å². The maximum Gasteiger partial charge on any atom is 0.253 e. The molecular formula is C26H32ClN3O4. The summed E-state index contributed by atoms with van der Waals surface area (Å²) < 4.78 is 5.02. The van der Waals surface area contributed by atoms with E-state index in [1.165, 1.54) is 0 Å². The Bertz CT molecular complexity index is 962. The Morgan fingerprint density at radius 3 is 2.41 bits per heavy atom. The van der Waals surface area contributed by atoms with Gasteiger partial charge in [-0.25, -0.2) is 0 Å². The second-order valence-electron chi connectivity index (χ2n) is 8.42. The molecule has 0 aromatic heterocycles. The number of benzene rings is 2. The minimum absolute atomic E-state index is 0.0906. The Morgan fingerprint density at radius 2 is 1.74 bits per heavy atom. The highest BCUT2D eigenvalue weighted by molar-refractivity contribution is 6.33. The van der Waals surface area contributed by atoms with E-state index in [1.807, 2.05) is 35.2 Å². The summed E-state index contributed by atoms with van der Waals surface area (Å²) in [5.41, 5.74) is 1.47. The average Bonchev–Trinajstić information content (AvgIpc) is 2.87. The lowest BCUT2D eigenvalue weighted by Gasteiger charge is -2.36. The Kier molecular flexibility index (Phi) is 9.91. The number of hydrogen-bond donors (Lipinski definition) is 2. The lowest BCUT2D eigenvalue weighted by atomic mass is 9.88. The van der Waals surface area contributed by atoms with Gasteiger partial charge in [0.05, 0.1) is 17.2 Å². The second-order valence-corrected chi connectivity index (χ2v) is 8.83. The molecule has 1 saturated heterocycles. The van der Waals surface area contributed by atoms with Gasteiger partial charge in [0.1, 0.15) is 6.04 Å². The first-order valence-corrected chi connectivity index (χ1v) is 12.0. The fraction of sp³-hybridized carbons (Fsp3) is 0.423. The minimum atomic E-state index is -0.720. The molecule has 1 heterocycles. The normalized spacial score (nSPS) is 14.9. The molecule has 3 amide bonds. The fourth-order valence-corrected chi connectivity index (χ4v) is 4.41. The number of aryl methyl sites for hydroxylation is 1. The molecule has 182 valence electrons. The molecule has 0 bridgehead atoms. The largest absolute Gasteiger partial charge is 0.383 e. The summed E-state index contributed by atoms with van der Waals surface area (Å²) >= 11 is 6.18. The molecular weight excluding hydrogens is 454 g/mol. The van der Waals surface area contributed by atoms with Crippen LogP contribution in [0, 0.1) is 5.92 Å². The third-order valence-corrected chi connectivity index (χ3v) is 6.46. The molecule has 1 atom stereocenters. The number of methoxy groups -OCH3 is 1. The third-order valence-electron chi connectivity index (χ3n) is 6.13. The van der Waals surface area contributed by atoms with Gasteiger partial charge in [0.2, 0.25) is 11.8 Å². The zero-order valence-electron chi connectivity index (χ0n) is 19.5. The van der Waals surface area contributed by atoms with Crippen molar-refractivity contribution in [3.8, 4) is 0 Å². The second kappa shape index (κ2) is 13.1. The molecule has 0 radical (unpaired) electrons. The van der Waals surface area contributed by atoms with Crippen molar-refractivity contribution in [1.29, 1.82) is 0 Å². The molecule has 2 aromatic rings. The van der Waals surface area contributed by atoms with Crippen LogP contribution in [-0.4, -0.2) is 62.0 Å². The monoisotopic (exact) mass is 485 g/mol. The van der Waals surface area contributed by atoms with Gasteiger partial charge in [-0.05, 0) is 42.9 Å². The average molecular weight is 486 g/mol. The molecule has 34 heavy (non-hydrogen) atoms. The van der Waals surface area contributed by atoms with Crippen molar-refractivity contribution in [3.63, 3.8) is 0 Å². The number of carbonyl (C=O) groups excluding carboxylic acids is 3. The number of ether oxygens (including phenoxy) is 1. The van der Waals surface area contributed by atoms with Crippen molar-refractivity contribution in [2.24, 2.45) is 5.92 Å². The highest BCUT2D eigenvalue weighted by Crippen LogP contribution is 2.23. The summed E-state index contributed by atoms with van der Waals surface area (Å²) in [5, 5.41) is 6.05. The van der Waals surface area contributed by atoms with E-state index in [9.17, 15) is 14.4 Å². The van der Waals surface area contributed by atoms with Gasteiger partial charge in [-0.1, -0.05) is 54.1 Å². The Labute approximate surface area is 205 Å². The van der Waals surface area contributed by atoms with Gasteiger partial charge in [0.25, 0.3) is 5.91 Å². The molecule has 1 aliphatic heterocycles. The van der Waals surface area contributed by atoms with E-state index in [2.05, 4.69) is 10.6 Å². The zero-order valence-corrected chi connectivity index (χ0v) is 20.2. The van der Waals surface area contributed by atoms with Crippen LogP contribution in [0.4, 0.5) is 0 Å². The maximum atomic E-state index is 12.9. The lowest BCUT2D eigenvalue weighted by molar-refractivity contribution is -0.133. The smallest absolute Gasteiger partial charge is 0.253 e. The first kappa shape index (κ1) is 25.7. The minimum Gasteiger partial charge on any atom is -0.383 e. The van der Waals surface area contributed by atoms with Crippen molar-refractivity contribution in [2.75, 3.05) is 33.4 Å². The third kappa shape index (κ3) is 7.30. The van der Waals surface area contributed by atoms with Gasteiger partial charge in [-0.3, -0.25) is 14.4 Å². The number of nitrogens with zero attached hydrogens (tertiary/aromatic N) is 1. The van der Waals surface area contributed by atoms with Gasteiger partial charge < -0.3 is 20.3 Å². The first-order valence-electron chi connectivity index (χ1n) is 11.6. The molecule has 8 heteroatoms. The Hall–Kier alpha value is -2.90. The molecule has 0 aliphatic carbocycles. The molecule has 2 aromatic carbocycles. The number of amides is 3. The van der Waals surface area contributed by atoms with Crippen molar-refractivity contribution in [1.82, 2.24) is 15.5 Å². The van der Waals surface area contributed by atoms with Crippen LogP contribution >= 0.6 is 11.6 Å². The quantitative estimate of drug-likeness (QED) is 0.506. The number of hydrogen-bond acceptors (Lipinski definition) is 4. The molecule has 7 nitrogen and oxygen atoms in total. The molecule has 1 fully saturated rings. The fourth-order valence-electron chi connectivity index (χ4n) is 4.18. The van der Waals surface area contributed by atoms with Gasteiger partial charge in [-0.15, -0.1) is 0 Å². The van der Waals surface area contributed by atoms with Crippen LogP contribution in [0.15, 0.2) is 54.6 Å². The van der Waals surface area contributed by atoms with Crippen LogP contribution < -0.4 is 10.6 Å². The van der Waals surface area contributed by atoms with E-state index in [0.717, 1.165) is 5.56 Å². The standard InChI is InChI=1S/C26H32ClN3O4/c1-34-18-15-28-26(33)24(29-25(32)21-9-5-6-10-22(21)27)20-13-16-30(17-14-20)23(31)12-11-19-7-3-2-4-8-19/h2-10,20,24H,11-18H2,1H3,(H,28,33)(H,29,32)/t24-/m0/s1.